The molecule has 0 aliphatic carbocycles. The molecule has 3 aliphatic rings. The topological polar surface area (TPSA) is 90.6 Å². The van der Waals surface area contributed by atoms with Gasteiger partial charge in [-0.2, -0.15) is 9.97 Å². The van der Waals surface area contributed by atoms with Crippen molar-refractivity contribution in [3.63, 3.8) is 0 Å². The average Bonchev–Trinajstić information content (AvgIpc) is 3.95. The van der Waals surface area contributed by atoms with Gasteiger partial charge in [0, 0.05) is 82.7 Å². The van der Waals surface area contributed by atoms with Crippen LogP contribution >= 0.6 is 11.9 Å². The summed E-state index contributed by atoms with van der Waals surface area (Å²) >= 11 is 1.73. The Balaban J connectivity index is 0.767. The lowest BCUT2D eigenvalue weighted by atomic mass is 9.93. The van der Waals surface area contributed by atoms with Crippen LogP contribution in [0.3, 0.4) is 0 Å². The number of halogens is 1. The molecule has 3 aliphatic heterocycles. The molecule has 4 N–H and O–H groups in total. The number of piperazine rings is 1. The van der Waals surface area contributed by atoms with Crippen LogP contribution < -0.4 is 25.2 Å². The summed E-state index contributed by atoms with van der Waals surface area (Å²) in [6, 6.07) is 23.5. The van der Waals surface area contributed by atoms with Gasteiger partial charge in [0.25, 0.3) is 0 Å². The quantitative estimate of drug-likeness (QED) is 0.0366. The smallest absolute Gasteiger partial charge is 0.231 e. The van der Waals surface area contributed by atoms with E-state index >= 15 is 4.39 Å². The molecule has 1 unspecified atom stereocenters. The first-order valence-corrected chi connectivity index (χ1v) is 23.4. The number of fused-ring (bicyclic) bond motifs is 2. The first kappa shape index (κ1) is 42.6. The van der Waals surface area contributed by atoms with E-state index in [1.165, 1.54) is 41.8 Å². The van der Waals surface area contributed by atoms with E-state index in [9.17, 15) is 0 Å². The summed E-state index contributed by atoms with van der Waals surface area (Å²) in [5, 5.41) is 10.9. The maximum atomic E-state index is 15.8. The fourth-order valence-corrected chi connectivity index (χ4v) is 9.99. The second-order valence-electron chi connectivity index (χ2n) is 16.9. The number of hydrogen-bond donors (Lipinski definition) is 4. The van der Waals surface area contributed by atoms with Crippen molar-refractivity contribution in [2.24, 2.45) is 5.92 Å². The summed E-state index contributed by atoms with van der Waals surface area (Å²) in [5.74, 6) is 1.34. The molecule has 2 aromatic heterocycles. The molecule has 5 aromatic rings. The predicted molar refractivity (Wildman–Crippen MR) is 255 cm³/mol. The number of aromatic amines is 1. The molecule has 61 heavy (non-hydrogen) atoms. The van der Waals surface area contributed by atoms with Crippen LogP contribution in [-0.2, 0) is 19.3 Å². The summed E-state index contributed by atoms with van der Waals surface area (Å²) < 4.78 is 18.1. The van der Waals surface area contributed by atoms with Gasteiger partial charge in [0.2, 0.25) is 5.95 Å². The molecule has 3 aromatic carbocycles. The van der Waals surface area contributed by atoms with Crippen molar-refractivity contribution in [3.05, 3.63) is 120 Å². The van der Waals surface area contributed by atoms with Crippen molar-refractivity contribution >= 4 is 57.5 Å². The van der Waals surface area contributed by atoms with Crippen LogP contribution in [-0.4, -0.2) is 96.5 Å². The minimum atomic E-state index is -0.231. The average molecular weight is 843 g/mol. The lowest BCUT2D eigenvalue weighted by Gasteiger charge is -2.43. The molecule has 5 heterocycles. The number of unbranched alkanes of at least 4 members (excludes halogenated alkanes) is 1. The molecule has 322 valence electrons. The third-order valence-corrected chi connectivity index (χ3v) is 13.8. The van der Waals surface area contributed by atoms with Gasteiger partial charge in [0.15, 0.2) is 0 Å². The second-order valence-corrected chi connectivity index (χ2v) is 17.7. The number of anilines is 6. The standard InChI is InChI=1S/C49H63FN10S/c1-5-36(13-12-35(2)51-3)33-38-16-14-37(15-17-38)9-6-7-25-57-29-31-58(32-30-57)41-22-26-59(27-23-41)45-19-18-40(34-43(45)50)53-49-55-47-42(20-24-52-47)48(56-49)54-44-11-8-10-39-21-28-60(61-4)46(39)44/h5,8,10-11,14-20,24,34,36,41,51H,1-2,6-7,9,12-13,21-23,25-33H2,3-4H3,(H3,52,53,54,55,56). The molecule has 8 rings (SSSR count). The Labute approximate surface area is 366 Å². The molecule has 1 atom stereocenters. The van der Waals surface area contributed by atoms with Crippen molar-refractivity contribution in [2.75, 3.05) is 85.5 Å². The van der Waals surface area contributed by atoms with Crippen molar-refractivity contribution in [3.8, 4) is 0 Å². The van der Waals surface area contributed by atoms with Gasteiger partial charge in [-0.3, -0.25) is 4.90 Å². The number of allylic oxidation sites excluding steroid dienone is 2. The van der Waals surface area contributed by atoms with E-state index in [1.807, 2.05) is 31.4 Å². The zero-order valence-corrected chi connectivity index (χ0v) is 36.9. The van der Waals surface area contributed by atoms with E-state index in [0.717, 1.165) is 108 Å². The van der Waals surface area contributed by atoms with Gasteiger partial charge in [-0.15, -0.1) is 6.58 Å². The minimum absolute atomic E-state index is 0.231. The molecular weight excluding hydrogens is 780 g/mol. The van der Waals surface area contributed by atoms with Crippen molar-refractivity contribution in [1.29, 1.82) is 0 Å². The van der Waals surface area contributed by atoms with Gasteiger partial charge < -0.3 is 35.0 Å². The Morgan fingerprint density at radius 2 is 1.75 bits per heavy atom. The summed E-state index contributed by atoms with van der Waals surface area (Å²) in [7, 11) is 1.94. The Kier molecular flexibility index (Phi) is 14.1. The number of aryl methyl sites for hydroxylation is 1. The first-order valence-electron chi connectivity index (χ1n) is 22.3. The van der Waals surface area contributed by atoms with Gasteiger partial charge in [-0.25, -0.2) is 4.39 Å². The monoisotopic (exact) mass is 842 g/mol. The third-order valence-electron chi connectivity index (χ3n) is 13.0. The number of hydrogen-bond acceptors (Lipinski definition) is 10. The number of piperidine rings is 1. The van der Waals surface area contributed by atoms with E-state index in [-0.39, 0.29) is 5.82 Å². The minimum Gasteiger partial charge on any atom is -0.392 e. The Bertz CT molecular complexity index is 2240. The number of aromatic nitrogens is 3. The number of H-pyrrole nitrogens is 1. The van der Waals surface area contributed by atoms with E-state index < -0.39 is 0 Å². The van der Waals surface area contributed by atoms with E-state index in [2.05, 4.69) is 108 Å². The van der Waals surface area contributed by atoms with Gasteiger partial charge in [0.05, 0.1) is 22.4 Å². The Morgan fingerprint density at radius 3 is 2.51 bits per heavy atom. The van der Waals surface area contributed by atoms with Gasteiger partial charge in [-0.05, 0) is 117 Å². The summed E-state index contributed by atoms with van der Waals surface area (Å²) in [5.41, 5.74) is 9.42. The molecule has 0 spiro atoms. The molecule has 0 bridgehead atoms. The van der Waals surface area contributed by atoms with E-state index in [4.69, 9.17) is 9.97 Å². The maximum absolute atomic E-state index is 15.8. The van der Waals surface area contributed by atoms with Crippen LogP contribution in [0.25, 0.3) is 11.0 Å². The van der Waals surface area contributed by atoms with Crippen LogP contribution in [0.2, 0.25) is 0 Å². The van der Waals surface area contributed by atoms with Gasteiger partial charge >= 0.3 is 0 Å². The summed E-state index contributed by atoms with van der Waals surface area (Å²) in [6.07, 6.45) is 15.9. The van der Waals surface area contributed by atoms with Crippen molar-refractivity contribution < 1.29 is 4.39 Å². The molecule has 2 saturated heterocycles. The molecule has 0 amide bonds. The molecular formula is C49H63FN10S. The molecule has 2 fully saturated rings. The largest absolute Gasteiger partial charge is 0.392 e. The number of rotatable bonds is 19. The second kappa shape index (κ2) is 20.2. The Morgan fingerprint density at radius 1 is 0.951 bits per heavy atom. The van der Waals surface area contributed by atoms with Crippen molar-refractivity contribution in [2.45, 2.75) is 63.8 Å². The summed E-state index contributed by atoms with van der Waals surface area (Å²) in [6.45, 7) is 16.5. The van der Waals surface area contributed by atoms with Crippen LogP contribution in [0, 0.1) is 11.7 Å². The number of benzene rings is 3. The molecule has 0 saturated carbocycles. The highest BCUT2D eigenvalue weighted by molar-refractivity contribution is 8.00. The molecule has 10 nitrogen and oxygen atoms in total. The lowest BCUT2D eigenvalue weighted by Crippen LogP contribution is -2.53. The third kappa shape index (κ3) is 10.5. The summed E-state index contributed by atoms with van der Waals surface area (Å²) in [4.78, 5) is 20.3. The van der Waals surface area contributed by atoms with Crippen LogP contribution in [0.5, 0.6) is 0 Å². The highest BCUT2D eigenvalue weighted by Crippen LogP contribution is 2.40. The fourth-order valence-electron chi connectivity index (χ4n) is 9.32. The fraction of sp³-hybridized carbons (Fsp3) is 0.429. The van der Waals surface area contributed by atoms with E-state index in [1.54, 1.807) is 18.0 Å². The normalized spacial score (nSPS) is 16.8. The number of para-hydroxylation sites is 1. The van der Waals surface area contributed by atoms with Crippen LogP contribution in [0.15, 0.2) is 97.9 Å². The lowest BCUT2D eigenvalue weighted by molar-refractivity contribution is 0.0840. The molecule has 12 heteroatoms. The number of nitrogens with zero attached hydrogens (tertiary/aromatic N) is 6. The van der Waals surface area contributed by atoms with Crippen molar-refractivity contribution in [1.82, 2.24) is 30.1 Å². The molecule has 0 radical (unpaired) electrons. The Hall–Kier alpha value is -5.04. The first-order chi connectivity index (χ1) is 29.9. The highest BCUT2D eigenvalue weighted by atomic mass is 32.2. The van der Waals surface area contributed by atoms with Crippen LogP contribution in [0.4, 0.5) is 38.9 Å². The van der Waals surface area contributed by atoms with E-state index in [0.29, 0.717) is 40.7 Å². The maximum Gasteiger partial charge on any atom is 0.231 e. The highest BCUT2D eigenvalue weighted by Gasteiger charge is 2.29. The zero-order valence-electron chi connectivity index (χ0n) is 36.1. The SMILES string of the molecule is C=CC(CCC(=C)NC)Cc1ccc(CCCCN2CCN(C3CCN(c4ccc(Nc5nc(Nc6cccc7c6N(SC)CC7)c6cc[nH]c6n5)cc4F)CC3)CC2)cc1. The van der Waals surface area contributed by atoms with Gasteiger partial charge in [0.1, 0.15) is 17.3 Å². The predicted octanol–water partition coefficient (Wildman–Crippen LogP) is 9.69. The number of nitrogens with one attached hydrogen (secondary N) is 4. The zero-order chi connectivity index (χ0) is 42.1. The van der Waals surface area contributed by atoms with Gasteiger partial charge in [-0.1, -0.05) is 61.0 Å². The van der Waals surface area contributed by atoms with Crippen LogP contribution in [0.1, 0.15) is 55.2 Å².